The quantitative estimate of drug-likeness (QED) is 0.223. The van der Waals surface area contributed by atoms with Crippen molar-refractivity contribution in [1.29, 1.82) is 0 Å². The standard InChI is InChI=1S/C27H18ClF6NO5/c1-2-14-3-6-16(7-4-14)39-24-23(37)18-9-8-17(12-21(18)40-25(24)27(32,33)34)38-13-22(36)35-20-11-15(26(29,30)31)5-10-19(20)28/h3-12H,2,13H2,1H3,(H,35,36). The van der Waals surface area contributed by atoms with E-state index >= 15 is 0 Å². The van der Waals surface area contributed by atoms with Crippen molar-refractivity contribution < 1.29 is 45.0 Å². The third-order valence-corrected chi connectivity index (χ3v) is 5.90. The van der Waals surface area contributed by atoms with Crippen molar-refractivity contribution in [3.8, 4) is 17.2 Å². The highest BCUT2D eigenvalue weighted by atomic mass is 35.5. The van der Waals surface area contributed by atoms with Gasteiger partial charge in [0, 0.05) is 6.07 Å². The summed E-state index contributed by atoms with van der Waals surface area (Å²) in [7, 11) is 0. The largest absolute Gasteiger partial charge is 0.484 e. The molecule has 3 aromatic carbocycles. The maximum absolute atomic E-state index is 13.8. The number of amides is 1. The van der Waals surface area contributed by atoms with E-state index in [1.54, 1.807) is 12.1 Å². The molecule has 1 heterocycles. The van der Waals surface area contributed by atoms with Crippen LogP contribution in [-0.4, -0.2) is 12.5 Å². The molecule has 0 aliphatic heterocycles. The Morgan fingerprint density at radius 1 is 0.925 bits per heavy atom. The number of aryl methyl sites for hydroxylation is 1. The van der Waals surface area contributed by atoms with Gasteiger partial charge in [-0.15, -0.1) is 0 Å². The van der Waals surface area contributed by atoms with Crippen LogP contribution in [0.3, 0.4) is 0 Å². The molecular weight excluding hydrogens is 568 g/mol. The van der Waals surface area contributed by atoms with Crippen LogP contribution in [0.1, 0.15) is 23.8 Å². The molecule has 0 aliphatic rings. The SMILES string of the molecule is CCc1ccc(Oc2c(C(F)(F)F)oc3cc(OCC(=O)Nc4cc(C(F)(F)F)ccc4Cl)ccc3c2=O)cc1. The van der Waals surface area contributed by atoms with Crippen LogP contribution in [-0.2, 0) is 23.6 Å². The summed E-state index contributed by atoms with van der Waals surface area (Å²) < 4.78 is 95.7. The summed E-state index contributed by atoms with van der Waals surface area (Å²) in [6.45, 7) is 1.15. The Balaban J connectivity index is 1.57. The lowest BCUT2D eigenvalue weighted by Crippen LogP contribution is -2.21. The predicted octanol–water partition coefficient (Wildman–Crippen LogP) is 7.86. The number of carbonyl (C=O) groups is 1. The molecule has 0 fully saturated rings. The second kappa shape index (κ2) is 11.1. The molecule has 6 nitrogen and oxygen atoms in total. The van der Waals surface area contributed by atoms with Crippen LogP contribution in [0, 0.1) is 0 Å². The molecular formula is C27H18ClF6NO5. The summed E-state index contributed by atoms with van der Waals surface area (Å²) >= 11 is 5.85. The molecule has 0 saturated heterocycles. The number of ether oxygens (including phenoxy) is 2. The van der Waals surface area contributed by atoms with E-state index in [1.807, 2.05) is 6.92 Å². The van der Waals surface area contributed by atoms with E-state index in [2.05, 4.69) is 5.32 Å². The molecule has 4 rings (SSSR count). The summed E-state index contributed by atoms with van der Waals surface area (Å²) in [5, 5.41) is 1.76. The molecule has 0 unspecified atom stereocenters. The predicted molar refractivity (Wildman–Crippen MR) is 134 cm³/mol. The Bertz CT molecular complexity index is 1610. The number of anilines is 1. The number of rotatable bonds is 7. The number of nitrogens with one attached hydrogen (secondary N) is 1. The maximum Gasteiger partial charge on any atom is 0.453 e. The first kappa shape index (κ1) is 28.8. The van der Waals surface area contributed by atoms with Crippen LogP contribution in [0.25, 0.3) is 11.0 Å². The van der Waals surface area contributed by atoms with Crippen molar-refractivity contribution >= 4 is 34.2 Å². The first-order valence-corrected chi connectivity index (χ1v) is 11.9. The van der Waals surface area contributed by atoms with Gasteiger partial charge in [-0.25, -0.2) is 0 Å². The van der Waals surface area contributed by atoms with Gasteiger partial charge in [-0.1, -0.05) is 30.7 Å². The number of carbonyl (C=O) groups excluding carboxylic acids is 1. The highest BCUT2D eigenvalue weighted by Crippen LogP contribution is 2.39. The van der Waals surface area contributed by atoms with Gasteiger partial charge in [-0.05, 0) is 54.4 Å². The van der Waals surface area contributed by atoms with Gasteiger partial charge in [0.15, 0.2) is 6.61 Å². The normalized spacial score (nSPS) is 11.9. The van der Waals surface area contributed by atoms with Gasteiger partial charge in [0.1, 0.15) is 17.1 Å². The van der Waals surface area contributed by atoms with E-state index in [9.17, 15) is 35.9 Å². The summed E-state index contributed by atoms with van der Waals surface area (Å²) in [5.74, 6) is -3.77. The molecule has 0 spiro atoms. The highest BCUT2D eigenvalue weighted by Gasteiger charge is 2.40. The third kappa shape index (κ3) is 6.50. The van der Waals surface area contributed by atoms with Crippen molar-refractivity contribution in [2.45, 2.75) is 25.7 Å². The first-order chi connectivity index (χ1) is 18.8. The Labute approximate surface area is 227 Å². The molecule has 0 bridgehead atoms. The van der Waals surface area contributed by atoms with Gasteiger partial charge in [-0.3, -0.25) is 9.59 Å². The Morgan fingerprint density at radius 3 is 2.23 bits per heavy atom. The fourth-order valence-electron chi connectivity index (χ4n) is 3.57. The monoisotopic (exact) mass is 585 g/mol. The van der Waals surface area contributed by atoms with Crippen molar-refractivity contribution in [2.24, 2.45) is 0 Å². The molecule has 4 aromatic rings. The molecule has 0 saturated carbocycles. The number of benzene rings is 3. The summed E-state index contributed by atoms with van der Waals surface area (Å²) in [4.78, 5) is 25.2. The summed E-state index contributed by atoms with van der Waals surface area (Å²) in [5.41, 5.74) is -2.03. The summed E-state index contributed by atoms with van der Waals surface area (Å²) in [6, 6.07) is 11.8. The minimum absolute atomic E-state index is 0.00110. The van der Waals surface area contributed by atoms with Gasteiger partial charge >= 0.3 is 12.4 Å². The smallest absolute Gasteiger partial charge is 0.453 e. The lowest BCUT2D eigenvalue weighted by Gasteiger charge is -2.14. The van der Waals surface area contributed by atoms with Crippen LogP contribution in [0.15, 0.2) is 69.9 Å². The topological polar surface area (TPSA) is 77.8 Å². The molecule has 210 valence electrons. The lowest BCUT2D eigenvalue weighted by molar-refractivity contribution is -0.154. The minimum Gasteiger partial charge on any atom is -0.484 e. The fourth-order valence-corrected chi connectivity index (χ4v) is 3.73. The van der Waals surface area contributed by atoms with Crippen molar-refractivity contribution in [1.82, 2.24) is 0 Å². The average molecular weight is 586 g/mol. The second-order valence-corrected chi connectivity index (χ2v) is 8.78. The van der Waals surface area contributed by atoms with E-state index < -0.39 is 53.0 Å². The molecule has 1 amide bonds. The van der Waals surface area contributed by atoms with Gasteiger partial charge in [0.25, 0.3) is 11.7 Å². The highest BCUT2D eigenvalue weighted by molar-refractivity contribution is 6.33. The number of halogens is 7. The zero-order chi connectivity index (χ0) is 29.2. The van der Waals surface area contributed by atoms with Crippen molar-refractivity contribution in [2.75, 3.05) is 11.9 Å². The van der Waals surface area contributed by atoms with E-state index in [0.29, 0.717) is 12.5 Å². The molecule has 0 aliphatic carbocycles. The number of hydrogen-bond donors (Lipinski definition) is 1. The van der Waals surface area contributed by atoms with Gasteiger partial charge in [-0.2, -0.15) is 26.3 Å². The Kier molecular flexibility index (Phi) is 8.01. The molecule has 1 N–H and O–H groups in total. The van der Waals surface area contributed by atoms with E-state index in [0.717, 1.165) is 29.8 Å². The van der Waals surface area contributed by atoms with Crippen LogP contribution in [0.5, 0.6) is 17.2 Å². The van der Waals surface area contributed by atoms with E-state index in [1.165, 1.54) is 18.2 Å². The van der Waals surface area contributed by atoms with Gasteiger partial charge in [0.05, 0.1) is 21.7 Å². The number of hydrogen-bond acceptors (Lipinski definition) is 5. The van der Waals surface area contributed by atoms with Gasteiger partial charge < -0.3 is 19.2 Å². The van der Waals surface area contributed by atoms with Gasteiger partial charge in [0.2, 0.25) is 11.2 Å². The number of fused-ring (bicyclic) bond motifs is 1. The van der Waals surface area contributed by atoms with Crippen LogP contribution in [0.2, 0.25) is 5.02 Å². The number of alkyl halides is 6. The van der Waals surface area contributed by atoms with E-state index in [4.69, 9.17) is 25.5 Å². The third-order valence-electron chi connectivity index (χ3n) is 5.57. The van der Waals surface area contributed by atoms with E-state index in [-0.39, 0.29) is 27.6 Å². The molecule has 0 atom stereocenters. The lowest BCUT2D eigenvalue weighted by atomic mass is 10.1. The van der Waals surface area contributed by atoms with Crippen molar-refractivity contribution in [3.05, 3.63) is 92.8 Å². The molecule has 40 heavy (non-hydrogen) atoms. The maximum atomic E-state index is 13.8. The zero-order valence-electron chi connectivity index (χ0n) is 20.4. The minimum atomic E-state index is -5.09. The average Bonchev–Trinajstić information content (AvgIpc) is 2.89. The Morgan fingerprint density at radius 2 is 1.60 bits per heavy atom. The van der Waals surface area contributed by atoms with Crippen molar-refractivity contribution in [3.63, 3.8) is 0 Å². The molecule has 1 aromatic heterocycles. The second-order valence-electron chi connectivity index (χ2n) is 8.37. The fraction of sp³-hybridized carbons (Fsp3) is 0.185. The summed E-state index contributed by atoms with van der Waals surface area (Å²) in [6.07, 6.45) is -9.07. The zero-order valence-corrected chi connectivity index (χ0v) is 21.1. The van der Waals surface area contributed by atoms with Crippen LogP contribution >= 0.6 is 11.6 Å². The van der Waals surface area contributed by atoms with Crippen LogP contribution < -0.4 is 20.2 Å². The van der Waals surface area contributed by atoms with Crippen LogP contribution in [0.4, 0.5) is 32.0 Å². The first-order valence-electron chi connectivity index (χ1n) is 11.5. The molecule has 0 radical (unpaired) electrons. The Hall–Kier alpha value is -4.19. The molecule has 13 heteroatoms.